The number of aliphatic hydroxyl groups is 1. The average molecular weight is 501 g/mol. The van der Waals surface area contributed by atoms with Gasteiger partial charge in [-0.2, -0.15) is 23.1 Å². The predicted molar refractivity (Wildman–Crippen MR) is 122 cm³/mol. The zero-order valence-electron chi connectivity index (χ0n) is 18.1. The van der Waals surface area contributed by atoms with Gasteiger partial charge in [-0.25, -0.2) is 4.39 Å². The Morgan fingerprint density at radius 1 is 1.26 bits per heavy atom. The fourth-order valence-electron chi connectivity index (χ4n) is 3.96. The monoisotopic (exact) mass is 500 g/mol. The number of halogens is 4. The minimum atomic E-state index is -4.53. The first-order valence-electron chi connectivity index (χ1n) is 10.6. The Balaban J connectivity index is 1.68. The van der Waals surface area contributed by atoms with E-state index >= 15 is 0 Å². The van der Waals surface area contributed by atoms with Crippen molar-refractivity contribution >= 4 is 40.7 Å². The van der Waals surface area contributed by atoms with E-state index in [4.69, 9.17) is 5.41 Å². The number of nitrogens with zero attached hydrogens (tertiary/aromatic N) is 3. The maximum atomic E-state index is 14.0. The van der Waals surface area contributed by atoms with Gasteiger partial charge in [0, 0.05) is 37.3 Å². The summed E-state index contributed by atoms with van der Waals surface area (Å²) in [5, 5.41) is 23.7. The van der Waals surface area contributed by atoms with Crippen molar-refractivity contribution in [3.05, 3.63) is 35.4 Å². The average Bonchev–Trinajstić information content (AvgIpc) is 3.07. The van der Waals surface area contributed by atoms with Crippen LogP contribution in [0.15, 0.2) is 24.3 Å². The van der Waals surface area contributed by atoms with Crippen molar-refractivity contribution in [3.8, 4) is 0 Å². The van der Waals surface area contributed by atoms with Crippen LogP contribution < -0.4 is 15.5 Å². The Morgan fingerprint density at radius 3 is 2.59 bits per heavy atom. The zero-order valence-corrected chi connectivity index (χ0v) is 19.0. The molecule has 1 aliphatic heterocycles. The molecule has 4 rings (SSSR count). The van der Waals surface area contributed by atoms with Gasteiger partial charge in [0.2, 0.25) is 5.95 Å². The molecular formula is C21H24F4N6O2S. The normalized spacial score (nSPS) is 25.6. The molecule has 2 fully saturated rings. The van der Waals surface area contributed by atoms with E-state index in [9.17, 15) is 27.2 Å². The topological polar surface area (TPSA) is 120 Å². The van der Waals surface area contributed by atoms with Crippen LogP contribution in [0.1, 0.15) is 24.0 Å². The third-order valence-electron chi connectivity index (χ3n) is 5.94. The molecular weight excluding hydrogens is 476 g/mol. The van der Waals surface area contributed by atoms with Gasteiger partial charge < -0.3 is 30.6 Å². The van der Waals surface area contributed by atoms with Gasteiger partial charge in [0.05, 0.1) is 23.9 Å². The highest BCUT2D eigenvalue weighted by atomic mass is 32.2. The second-order valence-electron chi connectivity index (χ2n) is 8.40. The van der Waals surface area contributed by atoms with E-state index in [1.165, 1.54) is 17.0 Å². The summed E-state index contributed by atoms with van der Waals surface area (Å²) in [6, 6.07) is 4.50. The van der Waals surface area contributed by atoms with Crippen LogP contribution in [0, 0.1) is 5.41 Å². The molecule has 3 atom stereocenters. The maximum Gasteiger partial charge on any atom is 0.416 e. The molecule has 1 aromatic carbocycles. The minimum Gasteiger partial charge on any atom is -0.616 e. The lowest BCUT2D eigenvalue weighted by Crippen LogP contribution is -2.43. The number of nitrogens with one attached hydrogen (secondary N) is 3. The van der Waals surface area contributed by atoms with Gasteiger partial charge >= 0.3 is 6.18 Å². The Hall–Kier alpha value is -2.64. The van der Waals surface area contributed by atoms with Gasteiger partial charge in [-0.3, -0.25) is 0 Å². The van der Waals surface area contributed by atoms with Crippen molar-refractivity contribution in [2.75, 3.05) is 34.9 Å². The third-order valence-corrected chi connectivity index (χ3v) is 7.26. The van der Waals surface area contributed by atoms with Crippen molar-refractivity contribution in [1.82, 2.24) is 9.97 Å². The summed E-state index contributed by atoms with van der Waals surface area (Å²) in [5.74, 6) is 0.377. The molecule has 1 saturated heterocycles. The first-order chi connectivity index (χ1) is 16.0. The summed E-state index contributed by atoms with van der Waals surface area (Å²) in [4.78, 5) is 10.3. The van der Waals surface area contributed by atoms with Crippen molar-refractivity contribution in [1.29, 1.82) is 5.41 Å². The summed E-state index contributed by atoms with van der Waals surface area (Å²) < 4.78 is 65.1. The first-order valence-corrected chi connectivity index (χ1v) is 12.2. The fraction of sp³-hybridized carbons (Fsp3) is 0.476. The van der Waals surface area contributed by atoms with Gasteiger partial charge in [0.15, 0.2) is 0 Å². The first kappa shape index (κ1) is 24.5. The Labute approximate surface area is 196 Å². The van der Waals surface area contributed by atoms with Crippen LogP contribution in [-0.4, -0.2) is 68.8 Å². The molecule has 1 aliphatic carbocycles. The van der Waals surface area contributed by atoms with Gasteiger partial charge in [-0.1, -0.05) is 17.2 Å². The van der Waals surface area contributed by atoms with E-state index in [1.807, 2.05) is 0 Å². The number of alkyl halides is 4. The Bertz CT molecular complexity index is 1040. The second kappa shape index (κ2) is 9.55. The van der Waals surface area contributed by atoms with E-state index < -0.39 is 35.2 Å². The van der Waals surface area contributed by atoms with Gasteiger partial charge in [-0.15, -0.1) is 0 Å². The van der Waals surface area contributed by atoms with E-state index in [0.29, 0.717) is 12.8 Å². The lowest BCUT2D eigenvalue weighted by molar-refractivity contribution is -0.137. The number of rotatable bonds is 7. The van der Waals surface area contributed by atoms with E-state index in [0.717, 1.165) is 18.3 Å². The third kappa shape index (κ3) is 5.20. The Morgan fingerprint density at radius 2 is 2.00 bits per heavy atom. The molecule has 2 aromatic rings. The number of hydrogen-bond acceptors (Lipinski definition) is 8. The Kier molecular flexibility index (Phi) is 6.87. The van der Waals surface area contributed by atoms with Crippen LogP contribution in [0.25, 0.3) is 0 Å². The smallest absolute Gasteiger partial charge is 0.416 e. The van der Waals surface area contributed by atoms with Crippen molar-refractivity contribution in [2.45, 2.75) is 42.6 Å². The molecule has 0 spiro atoms. The van der Waals surface area contributed by atoms with Crippen LogP contribution in [0.3, 0.4) is 0 Å². The molecule has 184 valence electrons. The molecule has 1 aromatic heterocycles. The molecule has 2 heterocycles. The number of anilines is 4. The highest BCUT2D eigenvalue weighted by molar-refractivity contribution is 7.91. The quantitative estimate of drug-likeness (QED) is 0.262. The molecule has 2 aliphatic rings. The second-order valence-corrected chi connectivity index (χ2v) is 10.1. The molecule has 8 nitrogen and oxygen atoms in total. The number of aliphatic hydroxyl groups excluding tert-OH is 1. The van der Waals surface area contributed by atoms with Crippen LogP contribution in [0.5, 0.6) is 0 Å². The maximum absolute atomic E-state index is 14.0. The van der Waals surface area contributed by atoms with E-state index in [-0.39, 0.29) is 53.2 Å². The van der Waals surface area contributed by atoms with Crippen molar-refractivity contribution < 1.29 is 27.2 Å². The van der Waals surface area contributed by atoms with Crippen LogP contribution in [0.2, 0.25) is 0 Å². The van der Waals surface area contributed by atoms with Crippen LogP contribution in [0.4, 0.5) is 40.8 Å². The van der Waals surface area contributed by atoms with Gasteiger partial charge in [0.1, 0.15) is 29.2 Å². The summed E-state index contributed by atoms with van der Waals surface area (Å²) in [7, 11) is 0. The molecule has 0 bridgehead atoms. The van der Waals surface area contributed by atoms with Crippen molar-refractivity contribution in [2.24, 2.45) is 0 Å². The van der Waals surface area contributed by atoms with Crippen LogP contribution >= 0.6 is 0 Å². The highest BCUT2D eigenvalue weighted by Crippen LogP contribution is 2.35. The summed E-state index contributed by atoms with van der Waals surface area (Å²) in [6.07, 6.45) is -3.41. The number of hydrogen-bond donors (Lipinski definition) is 4. The number of aromatic nitrogens is 2. The summed E-state index contributed by atoms with van der Waals surface area (Å²) >= 11 is -0.955. The van der Waals surface area contributed by atoms with E-state index in [2.05, 4.69) is 20.6 Å². The molecule has 34 heavy (non-hydrogen) atoms. The SMILES string of the molecule is C[S+]([O-])[C@H]1C[C@H](Nc2nc(Nc3cccc(C(F)(F)F)c3)c(C=N)c(N3C[C@H](O)[C@@H](F)C3)n2)C1. The highest BCUT2D eigenvalue weighted by Gasteiger charge is 2.37. The largest absolute Gasteiger partial charge is 0.616 e. The predicted octanol–water partition coefficient (Wildman–Crippen LogP) is 3.08. The molecule has 0 amide bonds. The summed E-state index contributed by atoms with van der Waals surface area (Å²) in [5.41, 5.74) is -0.605. The fourth-order valence-corrected chi connectivity index (χ4v) is 4.96. The standard InChI is InChI=1S/C21H24F4N6O2S/c1-34(33)14-6-13(7-14)28-20-29-18(27-12-4-2-3-11(5-12)21(23,24)25)15(8-26)19(30-20)31-9-16(22)17(32)10-31/h2-5,8,13-14,16-17,26,32H,6-7,9-10H2,1H3,(H2,27,28,29,30)/t13-,14-,16-,17-,34?/m0/s1. The van der Waals surface area contributed by atoms with Crippen LogP contribution in [-0.2, 0) is 17.4 Å². The summed E-state index contributed by atoms with van der Waals surface area (Å²) in [6.45, 7) is -0.205. The molecule has 4 N–H and O–H groups in total. The lowest BCUT2D eigenvalue weighted by Gasteiger charge is -2.35. The minimum absolute atomic E-state index is 0.0490. The van der Waals surface area contributed by atoms with Crippen molar-refractivity contribution in [3.63, 3.8) is 0 Å². The molecule has 1 saturated carbocycles. The number of β-amino-alcohol motifs (C(OH)–C–C–N with tert-alkyl or cyclic N) is 1. The van der Waals surface area contributed by atoms with Gasteiger partial charge in [-0.05, 0) is 18.2 Å². The molecule has 0 radical (unpaired) electrons. The number of benzene rings is 1. The van der Waals surface area contributed by atoms with Gasteiger partial charge in [0.25, 0.3) is 0 Å². The molecule has 13 heteroatoms. The van der Waals surface area contributed by atoms with E-state index in [1.54, 1.807) is 6.26 Å². The molecule has 1 unspecified atom stereocenters. The lowest BCUT2D eigenvalue weighted by atomic mass is 9.92. The zero-order chi connectivity index (χ0) is 24.6.